The highest BCUT2D eigenvalue weighted by Gasteiger charge is 2.26. The molecule has 0 aliphatic heterocycles. The molecule has 2 rings (SSSR count). The first-order valence-electron chi connectivity index (χ1n) is 7.28. The zero-order valence-electron chi connectivity index (χ0n) is 12.2. The Morgan fingerprint density at radius 3 is 2.70 bits per heavy atom. The quantitative estimate of drug-likeness (QED) is 0.823. The van der Waals surface area contributed by atoms with Gasteiger partial charge in [0.1, 0.15) is 12.0 Å². The van der Waals surface area contributed by atoms with E-state index in [0.29, 0.717) is 30.0 Å². The molecule has 1 heterocycles. The van der Waals surface area contributed by atoms with Crippen LogP contribution in [0.1, 0.15) is 39.5 Å². The van der Waals surface area contributed by atoms with E-state index >= 15 is 0 Å². The second-order valence-electron chi connectivity index (χ2n) is 5.44. The minimum atomic E-state index is 0.0119. The molecule has 6 nitrogen and oxygen atoms in total. The van der Waals surface area contributed by atoms with Crippen molar-refractivity contribution >= 4 is 11.5 Å². The van der Waals surface area contributed by atoms with Crippen LogP contribution in [-0.2, 0) is 0 Å². The highest BCUT2D eigenvalue weighted by Crippen LogP contribution is 2.33. The normalized spacial score (nSPS) is 15.8. The van der Waals surface area contributed by atoms with E-state index < -0.39 is 0 Å². The van der Waals surface area contributed by atoms with E-state index in [1.54, 1.807) is 0 Å². The molecule has 0 amide bonds. The third-order valence-electron chi connectivity index (χ3n) is 3.55. The molecular weight excluding hydrogens is 256 g/mol. The van der Waals surface area contributed by atoms with Crippen LogP contribution in [0.3, 0.4) is 0 Å². The van der Waals surface area contributed by atoms with Crippen LogP contribution in [0.5, 0.6) is 5.88 Å². The number of hydrogen-bond donors (Lipinski definition) is 2. The van der Waals surface area contributed by atoms with Gasteiger partial charge in [-0.15, -0.1) is 0 Å². The average Bonchev–Trinajstić information content (AvgIpc) is 2.92. The summed E-state index contributed by atoms with van der Waals surface area (Å²) in [6, 6.07) is 0.395. The van der Waals surface area contributed by atoms with Crippen molar-refractivity contribution in [1.29, 1.82) is 0 Å². The molecule has 3 N–H and O–H groups in total. The maximum atomic E-state index is 9.31. The molecule has 112 valence electrons. The zero-order chi connectivity index (χ0) is 14.5. The predicted octanol–water partition coefficient (Wildman–Crippen LogP) is 1.59. The minimum Gasteiger partial charge on any atom is -0.473 e. The van der Waals surface area contributed by atoms with Gasteiger partial charge < -0.3 is 20.5 Å². The number of hydrogen-bond acceptors (Lipinski definition) is 6. The summed E-state index contributed by atoms with van der Waals surface area (Å²) in [5.41, 5.74) is 6.62. The van der Waals surface area contributed by atoms with Gasteiger partial charge in [-0.2, -0.15) is 4.98 Å². The van der Waals surface area contributed by atoms with Crippen molar-refractivity contribution in [3.63, 3.8) is 0 Å². The van der Waals surface area contributed by atoms with Crippen molar-refractivity contribution in [3.8, 4) is 5.88 Å². The van der Waals surface area contributed by atoms with Gasteiger partial charge in [-0.1, -0.05) is 12.8 Å². The molecule has 0 aromatic carbocycles. The summed E-state index contributed by atoms with van der Waals surface area (Å²) in [6.45, 7) is 4.49. The Balaban J connectivity index is 2.27. The number of rotatable bonds is 6. The molecule has 0 radical (unpaired) electrons. The fourth-order valence-electron chi connectivity index (χ4n) is 2.70. The molecule has 1 fully saturated rings. The second kappa shape index (κ2) is 6.74. The second-order valence-corrected chi connectivity index (χ2v) is 5.44. The van der Waals surface area contributed by atoms with Gasteiger partial charge in [-0.25, -0.2) is 4.98 Å². The lowest BCUT2D eigenvalue weighted by Gasteiger charge is -2.30. The predicted molar refractivity (Wildman–Crippen MR) is 78.9 cm³/mol. The van der Waals surface area contributed by atoms with Gasteiger partial charge in [0.15, 0.2) is 5.82 Å². The number of ether oxygens (including phenoxy) is 1. The van der Waals surface area contributed by atoms with Gasteiger partial charge in [0.25, 0.3) is 0 Å². The first kappa shape index (κ1) is 14.8. The Kier molecular flexibility index (Phi) is 5.00. The van der Waals surface area contributed by atoms with E-state index in [2.05, 4.69) is 14.9 Å². The van der Waals surface area contributed by atoms with E-state index in [1.165, 1.54) is 19.2 Å². The summed E-state index contributed by atoms with van der Waals surface area (Å²) in [4.78, 5) is 10.5. The molecular formula is C14H24N4O2. The van der Waals surface area contributed by atoms with Gasteiger partial charge in [0, 0.05) is 12.6 Å². The molecule has 20 heavy (non-hydrogen) atoms. The van der Waals surface area contributed by atoms with Crippen LogP contribution < -0.4 is 15.4 Å². The lowest BCUT2D eigenvalue weighted by atomic mass is 10.2. The first-order valence-corrected chi connectivity index (χ1v) is 7.28. The van der Waals surface area contributed by atoms with E-state index in [9.17, 15) is 5.11 Å². The number of nitrogens with two attached hydrogens (primary N) is 1. The molecule has 1 saturated carbocycles. The van der Waals surface area contributed by atoms with Crippen LogP contribution in [0.25, 0.3) is 0 Å². The van der Waals surface area contributed by atoms with Crippen LogP contribution in [0.15, 0.2) is 6.33 Å². The fraction of sp³-hybridized carbons (Fsp3) is 0.714. The lowest BCUT2D eigenvalue weighted by Crippen LogP contribution is -2.37. The topological polar surface area (TPSA) is 84.5 Å². The number of anilines is 2. The minimum absolute atomic E-state index is 0.0119. The number of aliphatic hydroxyl groups is 1. The standard InChI is InChI=1S/C14H24N4O2/c1-10(2)20-14-12(15)13(16-9-17-14)18(7-8-19)11-5-3-4-6-11/h9-11,19H,3-8,15H2,1-2H3. The maximum absolute atomic E-state index is 9.31. The molecule has 1 aliphatic rings. The molecule has 0 spiro atoms. The van der Waals surface area contributed by atoms with E-state index in [1.807, 2.05) is 13.8 Å². The summed E-state index contributed by atoms with van der Waals surface area (Å²) >= 11 is 0. The molecule has 1 aromatic rings. The largest absolute Gasteiger partial charge is 0.473 e. The average molecular weight is 280 g/mol. The van der Waals surface area contributed by atoms with E-state index in [4.69, 9.17) is 10.5 Å². The SMILES string of the molecule is CC(C)Oc1ncnc(N(CCO)C2CCCC2)c1N. The molecule has 0 saturated heterocycles. The smallest absolute Gasteiger partial charge is 0.242 e. The third-order valence-corrected chi connectivity index (χ3v) is 3.55. The number of aromatic nitrogens is 2. The van der Waals surface area contributed by atoms with E-state index in [0.717, 1.165) is 12.8 Å². The van der Waals surface area contributed by atoms with Crippen LogP contribution in [0.2, 0.25) is 0 Å². The van der Waals surface area contributed by atoms with Crippen LogP contribution >= 0.6 is 0 Å². The Morgan fingerprint density at radius 2 is 2.10 bits per heavy atom. The van der Waals surface area contributed by atoms with Crippen molar-refractivity contribution in [2.24, 2.45) is 0 Å². The molecule has 6 heteroatoms. The van der Waals surface area contributed by atoms with Gasteiger partial charge in [0.05, 0.1) is 12.7 Å². The zero-order valence-corrected chi connectivity index (χ0v) is 12.2. The van der Waals surface area contributed by atoms with Crippen LogP contribution in [0.4, 0.5) is 11.5 Å². The number of nitrogen functional groups attached to an aromatic ring is 1. The summed E-state index contributed by atoms with van der Waals surface area (Å²) in [5, 5.41) is 9.31. The first-order chi connectivity index (χ1) is 9.63. The Morgan fingerprint density at radius 1 is 1.40 bits per heavy atom. The fourth-order valence-corrected chi connectivity index (χ4v) is 2.70. The Bertz CT molecular complexity index is 433. The number of nitrogens with zero attached hydrogens (tertiary/aromatic N) is 3. The summed E-state index contributed by atoms with van der Waals surface area (Å²) < 4.78 is 5.61. The molecule has 1 aromatic heterocycles. The third kappa shape index (κ3) is 3.30. The van der Waals surface area contributed by atoms with Crippen molar-refractivity contribution in [2.75, 3.05) is 23.8 Å². The van der Waals surface area contributed by atoms with Crippen LogP contribution in [-0.4, -0.2) is 40.4 Å². The van der Waals surface area contributed by atoms with Gasteiger partial charge >= 0.3 is 0 Å². The molecule has 0 unspecified atom stereocenters. The van der Waals surface area contributed by atoms with Gasteiger partial charge in [-0.05, 0) is 26.7 Å². The van der Waals surface area contributed by atoms with Crippen molar-refractivity contribution < 1.29 is 9.84 Å². The van der Waals surface area contributed by atoms with Gasteiger partial charge in [0.2, 0.25) is 5.88 Å². The maximum Gasteiger partial charge on any atom is 0.242 e. The molecule has 1 aliphatic carbocycles. The lowest BCUT2D eigenvalue weighted by molar-refractivity contribution is 0.233. The summed E-state index contributed by atoms with van der Waals surface area (Å²) in [6.07, 6.45) is 6.15. The van der Waals surface area contributed by atoms with Crippen LogP contribution in [0, 0.1) is 0 Å². The highest BCUT2D eigenvalue weighted by molar-refractivity contribution is 5.68. The molecule has 0 atom stereocenters. The Hall–Kier alpha value is -1.56. The highest BCUT2D eigenvalue weighted by atomic mass is 16.5. The monoisotopic (exact) mass is 280 g/mol. The van der Waals surface area contributed by atoms with Crippen molar-refractivity contribution in [2.45, 2.75) is 51.7 Å². The van der Waals surface area contributed by atoms with E-state index in [-0.39, 0.29) is 12.7 Å². The Labute approximate surface area is 120 Å². The van der Waals surface area contributed by atoms with Gasteiger partial charge in [-0.3, -0.25) is 0 Å². The number of aliphatic hydroxyl groups excluding tert-OH is 1. The van der Waals surface area contributed by atoms with Crippen molar-refractivity contribution in [1.82, 2.24) is 9.97 Å². The molecule has 0 bridgehead atoms. The summed E-state index contributed by atoms with van der Waals surface area (Å²) in [5.74, 6) is 1.10. The summed E-state index contributed by atoms with van der Waals surface area (Å²) in [7, 11) is 0. The van der Waals surface area contributed by atoms with Crippen molar-refractivity contribution in [3.05, 3.63) is 6.33 Å².